The standard InChI is InChI=1S/C11H16N2O3/c1-3-15-10-7-8(13-12)5-6-9(10)11(14)16-4-2/h5-7,13H,3-4,12H2,1-2H3. The van der Waals surface area contributed by atoms with Crippen molar-refractivity contribution in [3.8, 4) is 5.75 Å². The second kappa shape index (κ2) is 5.97. The highest BCUT2D eigenvalue weighted by atomic mass is 16.5. The zero-order valence-corrected chi connectivity index (χ0v) is 9.45. The molecule has 0 bridgehead atoms. The zero-order chi connectivity index (χ0) is 12.0. The van der Waals surface area contributed by atoms with E-state index < -0.39 is 5.97 Å². The number of carbonyl (C=O) groups excluding carboxylic acids is 1. The lowest BCUT2D eigenvalue weighted by Crippen LogP contribution is -2.10. The highest BCUT2D eigenvalue weighted by Crippen LogP contribution is 2.23. The number of hydrogen-bond donors (Lipinski definition) is 2. The quantitative estimate of drug-likeness (QED) is 0.451. The number of nitrogens with two attached hydrogens (primary N) is 1. The van der Waals surface area contributed by atoms with E-state index in [1.165, 1.54) is 0 Å². The maximum Gasteiger partial charge on any atom is 0.341 e. The summed E-state index contributed by atoms with van der Waals surface area (Å²) in [5.74, 6) is 5.35. The molecule has 0 aliphatic heterocycles. The van der Waals surface area contributed by atoms with Crippen LogP contribution in [0.1, 0.15) is 24.2 Å². The Kier molecular flexibility index (Phi) is 4.60. The predicted molar refractivity (Wildman–Crippen MR) is 61.4 cm³/mol. The van der Waals surface area contributed by atoms with Crippen LogP contribution in [-0.4, -0.2) is 19.2 Å². The van der Waals surface area contributed by atoms with Crippen LogP contribution in [0.4, 0.5) is 5.69 Å². The Labute approximate surface area is 94.5 Å². The first-order valence-corrected chi connectivity index (χ1v) is 5.13. The third-order valence-corrected chi connectivity index (χ3v) is 1.94. The third-order valence-electron chi connectivity index (χ3n) is 1.94. The Hall–Kier alpha value is -1.75. The average molecular weight is 224 g/mol. The summed E-state index contributed by atoms with van der Waals surface area (Å²) in [5, 5.41) is 0. The summed E-state index contributed by atoms with van der Waals surface area (Å²) in [6.07, 6.45) is 0. The fourth-order valence-electron chi connectivity index (χ4n) is 1.26. The van der Waals surface area contributed by atoms with Crippen LogP contribution in [0.25, 0.3) is 0 Å². The number of nitrogens with one attached hydrogen (secondary N) is 1. The summed E-state index contributed by atoms with van der Waals surface area (Å²) in [7, 11) is 0. The van der Waals surface area contributed by atoms with E-state index in [-0.39, 0.29) is 0 Å². The molecule has 0 aliphatic carbocycles. The van der Waals surface area contributed by atoms with E-state index in [1.807, 2.05) is 6.92 Å². The summed E-state index contributed by atoms with van der Waals surface area (Å²) in [6.45, 7) is 4.41. The number of carbonyl (C=O) groups is 1. The largest absolute Gasteiger partial charge is 0.493 e. The molecule has 1 aromatic carbocycles. The Balaban J connectivity index is 3.01. The van der Waals surface area contributed by atoms with Crippen LogP contribution >= 0.6 is 0 Å². The van der Waals surface area contributed by atoms with Gasteiger partial charge in [-0.1, -0.05) is 0 Å². The van der Waals surface area contributed by atoms with Crippen molar-refractivity contribution in [2.75, 3.05) is 18.6 Å². The van der Waals surface area contributed by atoms with Crippen LogP contribution in [0.2, 0.25) is 0 Å². The Morgan fingerprint density at radius 2 is 2.12 bits per heavy atom. The molecule has 0 amide bonds. The number of ether oxygens (including phenoxy) is 2. The minimum absolute atomic E-state index is 0.335. The van der Waals surface area contributed by atoms with E-state index in [4.69, 9.17) is 15.3 Å². The monoisotopic (exact) mass is 224 g/mol. The van der Waals surface area contributed by atoms with E-state index in [2.05, 4.69) is 5.43 Å². The molecule has 1 aromatic rings. The molecule has 3 N–H and O–H groups in total. The van der Waals surface area contributed by atoms with Crippen LogP contribution in [0.5, 0.6) is 5.75 Å². The van der Waals surface area contributed by atoms with E-state index >= 15 is 0 Å². The van der Waals surface area contributed by atoms with Gasteiger partial charge in [-0.25, -0.2) is 4.79 Å². The summed E-state index contributed by atoms with van der Waals surface area (Å²) in [5.41, 5.74) is 3.57. The molecular weight excluding hydrogens is 208 g/mol. The molecule has 16 heavy (non-hydrogen) atoms. The highest BCUT2D eigenvalue weighted by Gasteiger charge is 2.13. The summed E-state index contributed by atoms with van der Waals surface area (Å²) < 4.78 is 10.3. The number of hydrazine groups is 1. The van der Waals surface area contributed by atoms with Crippen molar-refractivity contribution >= 4 is 11.7 Å². The molecule has 88 valence electrons. The average Bonchev–Trinajstić information content (AvgIpc) is 2.29. The van der Waals surface area contributed by atoms with Gasteiger partial charge in [0.15, 0.2) is 0 Å². The van der Waals surface area contributed by atoms with Crippen LogP contribution in [-0.2, 0) is 4.74 Å². The molecule has 5 heteroatoms. The first kappa shape index (κ1) is 12.3. The summed E-state index contributed by atoms with van der Waals surface area (Å²) in [4.78, 5) is 11.6. The normalized spacial score (nSPS) is 9.69. The van der Waals surface area contributed by atoms with Crippen LogP contribution in [0.3, 0.4) is 0 Å². The molecule has 0 atom stereocenters. The van der Waals surface area contributed by atoms with E-state index in [1.54, 1.807) is 25.1 Å². The van der Waals surface area contributed by atoms with Gasteiger partial charge in [0.1, 0.15) is 11.3 Å². The zero-order valence-electron chi connectivity index (χ0n) is 9.45. The number of rotatable bonds is 5. The maximum absolute atomic E-state index is 11.6. The van der Waals surface area contributed by atoms with Crippen molar-refractivity contribution in [2.24, 2.45) is 5.84 Å². The van der Waals surface area contributed by atoms with Gasteiger partial charge in [-0.2, -0.15) is 0 Å². The lowest BCUT2D eigenvalue weighted by molar-refractivity contribution is 0.0522. The van der Waals surface area contributed by atoms with Gasteiger partial charge >= 0.3 is 5.97 Å². The van der Waals surface area contributed by atoms with Crippen molar-refractivity contribution in [3.05, 3.63) is 23.8 Å². The van der Waals surface area contributed by atoms with Crippen LogP contribution < -0.4 is 16.0 Å². The van der Waals surface area contributed by atoms with Gasteiger partial charge in [-0.05, 0) is 26.0 Å². The second-order valence-electron chi connectivity index (χ2n) is 3.01. The van der Waals surface area contributed by atoms with E-state index in [0.29, 0.717) is 30.2 Å². The molecule has 0 saturated carbocycles. The minimum Gasteiger partial charge on any atom is -0.493 e. The molecule has 0 saturated heterocycles. The lowest BCUT2D eigenvalue weighted by Gasteiger charge is -2.11. The molecule has 0 aliphatic rings. The van der Waals surface area contributed by atoms with Crippen molar-refractivity contribution in [3.63, 3.8) is 0 Å². The number of hydrogen-bond acceptors (Lipinski definition) is 5. The van der Waals surface area contributed by atoms with Gasteiger partial charge in [-0.3, -0.25) is 5.84 Å². The SMILES string of the molecule is CCOC(=O)c1ccc(NN)cc1OCC. The van der Waals surface area contributed by atoms with E-state index in [9.17, 15) is 4.79 Å². The minimum atomic E-state index is -0.394. The molecule has 0 spiro atoms. The van der Waals surface area contributed by atoms with Gasteiger partial charge in [0.25, 0.3) is 0 Å². The van der Waals surface area contributed by atoms with Gasteiger partial charge in [0.2, 0.25) is 0 Å². The summed E-state index contributed by atoms with van der Waals surface area (Å²) in [6, 6.07) is 4.97. The first-order valence-electron chi connectivity index (χ1n) is 5.13. The van der Waals surface area contributed by atoms with Gasteiger partial charge in [0, 0.05) is 6.07 Å². The number of esters is 1. The lowest BCUT2D eigenvalue weighted by atomic mass is 10.2. The molecule has 5 nitrogen and oxygen atoms in total. The van der Waals surface area contributed by atoms with Crippen LogP contribution in [0, 0.1) is 0 Å². The van der Waals surface area contributed by atoms with Crippen molar-refractivity contribution in [1.29, 1.82) is 0 Å². The number of anilines is 1. The van der Waals surface area contributed by atoms with Gasteiger partial charge in [-0.15, -0.1) is 0 Å². The molecule has 0 heterocycles. The Morgan fingerprint density at radius 1 is 1.38 bits per heavy atom. The van der Waals surface area contributed by atoms with Crippen molar-refractivity contribution in [2.45, 2.75) is 13.8 Å². The second-order valence-corrected chi connectivity index (χ2v) is 3.01. The van der Waals surface area contributed by atoms with Crippen LogP contribution in [0.15, 0.2) is 18.2 Å². The third kappa shape index (κ3) is 2.87. The number of benzene rings is 1. The number of nitrogen functional groups attached to an aromatic ring is 1. The van der Waals surface area contributed by atoms with Gasteiger partial charge < -0.3 is 14.9 Å². The molecule has 0 aromatic heterocycles. The molecule has 0 radical (unpaired) electrons. The Morgan fingerprint density at radius 3 is 2.69 bits per heavy atom. The first-order chi connectivity index (χ1) is 7.72. The van der Waals surface area contributed by atoms with E-state index in [0.717, 1.165) is 0 Å². The molecule has 0 fully saturated rings. The topological polar surface area (TPSA) is 73.6 Å². The molecule has 1 rings (SSSR count). The maximum atomic E-state index is 11.6. The smallest absolute Gasteiger partial charge is 0.341 e. The summed E-state index contributed by atoms with van der Waals surface area (Å²) >= 11 is 0. The Bertz CT molecular complexity index is 366. The highest BCUT2D eigenvalue weighted by molar-refractivity contribution is 5.93. The molecule has 0 unspecified atom stereocenters. The fourth-order valence-corrected chi connectivity index (χ4v) is 1.26. The van der Waals surface area contributed by atoms with Gasteiger partial charge in [0.05, 0.1) is 18.9 Å². The predicted octanol–water partition coefficient (Wildman–Crippen LogP) is 1.55. The molecular formula is C11H16N2O3. The van der Waals surface area contributed by atoms with Crippen molar-refractivity contribution in [1.82, 2.24) is 0 Å². The van der Waals surface area contributed by atoms with Crippen molar-refractivity contribution < 1.29 is 14.3 Å². The fraction of sp³-hybridized carbons (Fsp3) is 0.364.